The van der Waals surface area contributed by atoms with Gasteiger partial charge in [-0.05, 0) is 54.4 Å². The quantitative estimate of drug-likeness (QED) is 0.325. The van der Waals surface area contributed by atoms with E-state index >= 15 is 0 Å². The first-order valence-corrected chi connectivity index (χ1v) is 12.6. The molecule has 36 heavy (non-hydrogen) atoms. The summed E-state index contributed by atoms with van der Waals surface area (Å²) in [6.45, 7) is 3.44. The van der Waals surface area contributed by atoms with E-state index in [1.807, 2.05) is 66.7 Å². The second kappa shape index (κ2) is 10.7. The van der Waals surface area contributed by atoms with Crippen molar-refractivity contribution < 1.29 is 19.0 Å². The van der Waals surface area contributed by atoms with Crippen LogP contribution in [0.2, 0.25) is 0 Å². The minimum Gasteiger partial charge on any atom is -0.497 e. The molecule has 0 spiro atoms. The van der Waals surface area contributed by atoms with Crippen molar-refractivity contribution >= 4 is 17.7 Å². The minimum atomic E-state index is -0.128. The van der Waals surface area contributed by atoms with Crippen molar-refractivity contribution in [2.45, 2.75) is 30.9 Å². The lowest BCUT2D eigenvalue weighted by Crippen LogP contribution is -2.22. The number of fused-ring (bicyclic) bond motifs is 1. The molecule has 9 heteroatoms. The first kappa shape index (κ1) is 23.7. The van der Waals surface area contributed by atoms with E-state index in [2.05, 4.69) is 27.0 Å². The zero-order valence-corrected chi connectivity index (χ0v) is 20.9. The van der Waals surface area contributed by atoms with Gasteiger partial charge >= 0.3 is 0 Å². The summed E-state index contributed by atoms with van der Waals surface area (Å²) in [5, 5.41) is 12.6. The molecule has 5 rings (SSSR count). The number of benzene rings is 3. The number of thioether (sulfide) groups is 1. The van der Waals surface area contributed by atoms with Gasteiger partial charge in [-0.15, -0.1) is 10.2 Å². The molecule has 184 valence electrons. The molecule has 0 unspecified atom stereocenters. The maximum atomic E-state index is 12.8. The Kier molecular flexibility index (Phi) is 7.08. The average molecular weight is 503 g/mol. The zero-order chi connectivity index (χ0) is 24.9. The number of hydrogen-bond donors (Lipinski definition) is 1. The lowest BCUT2D eigenvalue weighted by atomic mass is 10.1. The van der Waals surface area contributed by atoms with Crippen LogP contribution < -0.4 is 19.5 Å². The van der Waals surface area contributed by atoms with E-state index in [9.17, 15) is 4.79 Å². The minimum absolute atomic E-state index is 0.128. The van der Waals surface area contributed by atoms with Crippen molar-refractivity contribution in [3.8, 4) is 28.6 Å². The van der Waals surface area contributed by atoms with Crippen molar-refractivity contribution in [3.05, 3.63) is 83.4 Å². The van der Waals surface area contributed by atoms with E-state index in [0.29, 0.717) is 23.6 Å². The maximum absolute atomic E-state index is 12.8. The number of hydrogen-bond acceptors (Lipinski definition) is 7. The Morgan fingerprint density at radius 3 is 2.75 bits per heavy atom. The number of methoxy groups -OCH3 is 1. The second-order valence-electron chi connectivity index (χ2n) is 8.14. The molecule has 1 N–H and O–H groups in total. The van der Waals surface area contributed by atoms with Gasteiger partial charge in [0.2, 0.25) is 6.79 Å². The number of nitrogens with one attached hydrogen (secondary N) is 1. The van der Waals surface area contributed by atoms with E-state index in [0.717, 1.165) is 45.7 Å². The lowest BCUT2D eigenvalue weighted by molar-refractivity contribution is 0.0950. The highest BCUT2D eigenvalue weighted by Crippen LogP contribution is 2.32. The van der Waals surface area contributed by atoms with Crippen LogP contribution in [0.4, 0.5) is 0 Å². The Morgan fingerprint density at radius 2 is 1.89 bits per heavy atom. The summed E-state index contributed by atoms with van der Waals surface area (Å²) < 4.78 is 18.2. The molecule has 0 radical (unpaired) electrons. The van der Waals surface area contributed by atoms with Gasteiger partial charge in [0.1, 0.15) is 5.75 Å². The van der Waals surface area contributed by atoms with E-state index in [1.54, 1.807) is 18.9 Å². The van der Waals surface area contributed by atoms with Crippen molar-refractivity contribution in [3.63, 3.8) is 0 Å². The number of nitrogens with zero attached hydrogens (tertiary/aromatic N) is 3. The largest absolute Gasteiger partial charge is 0.497 e. The molecular weight excluding hydrogens is 476 g/mol. The molecule has 1 aromatic heterocycles. The second-order valence-corrected chi connectivity index (χ2v) is 9.08. The molecule has 0 aliphatic carbocycles. The van der Waals surface area contributed by atoms with Crippen LogP contribution in [-0.2, 0) is 18.8 Å². The van der Waals surface area contributed by atoms with Gasteiger partial charge in [-0.1, -0.05) is 42.1 Å². The summed E-state index contributed by atoms with van der Waals surface area (Å²) in [5.41, 5.74) is 3.55. The normalized spacial score (nSPS) is 11.9. The van der Waals surface area contributed by atoms with E-state index in [4.69, 9.17) is 14.2 Å². The first-order valence-electron chi connectivity index (χ1n) is 11.6. The fourth-order valence-electron chi connectivity index (χ4n) is 3.94. The third-order valence-electron chi connectivity index (χ3n) is 5.81. The van der Waals surface area contributed by atoms with E-state index < -0.39 is 0 Å². The van der Waals surface area contributed by atoms with Gasteiger partial charge in [-0.2, -0.15) is 0 Å². The molecule has 0 saturated heterocycles. The standard InChI is InChI=1S/C27H26N4O4S/c1-3-31-25(20-7-5-9-22(14-20)33-2)29-30-27(31)36-16-19-6-4-8-21(12-19)26(32)28-15-18-10-11-23-24(13-18)35-17-34-23/h4-14H,3,15-17H2,1-2H3,(H,28,32). The van der Waals surface area contributed by atoms with Crippen LogP contribution in [0.1, 0.15) is 28.4 Å². The molecule has 0 bridgehead atoms. The summed E-state index contributed by atoms with van der Waals surface area (Å²) in [5.74, 6) is 3.55. The SMILES string of the molecule is CCn1c(SCc2cccc(C(=O)NCc3ccc4c(c3)OCO4)c2)nnc1-c1cccc(OC)c1. The average Bonchev–Trinajstić information content (AvgIpc) is 3.57. The molecule has 8 nitrogen and oxygen atoms in total. The van der Waals surface area contributed by atoms with Gasteiger partial charge in [0.25, 0.3) is 5.91 Å². The topological polar surface area (TPSA) is 87.5 Å². The zero-order valence-electron chi connectivity index (χ0n) is 20.1. The maximum Gasteiger partial charge on any atom is 0.251 e. The fourth-order valence-corrected chi connectivity index (χ4v) is 4.89. The Morgan fingerprint density at radius 1 is 1.03 bits per heavy atom. The number of rotatable bonds is 9. The van der Waals surface area contributed by atoms with Crippen LogP contribution in [0.3, 0.4) is 0 Å². The van der Waals surface area contributed by atoms with Crippen LogP contribution in [0, 0.1) is 0 Å². The predicted octanol–water partition coefficient (Wildman–Crippen LogP) is 4.92. The van der Waals surface area contributed by atoms with Gasteiger partial charge in [-0.25, -0.2) is 0 Å². The summed E-state index contributed by atoms with van der Waals surface area (Å²) >= 11 is 1.59. The fraction of sp³-hybridized carbons (Fsp3) is 0.222. The predicted molar refractivity (Wildman–Crippen MR) is 137 cm³/mol. The highest BCUT2D eigenvalue weighted by molar-refractivity contribution is 7.98. The molecule has 3 aromatic carbocycles. The highest BCUT2D eigenvalue weighted by Gasteiger charge is 2.16. The molecule has 2 heterocycles. The van der Waals surface area contributed by atoms with Crippen molar-refractivity contribution in [1.29, 1.82) is 0 Å². The monoisotopic (exact) mass is 502 g/mol. The van der Waals surface area contributed by atoms with Gasteiger partial charge in [0.15, 0.2) is 22.5 Å². The third kappa shape index (κ3) is 5.16. The van der Waals surface area contributed by atoms with Gasteiger partial charge < -0.3 is 24.1 Å². The van der Waals surface area contributed by atoms with E-state index in [1.165, 1.54) is 0 Å². The number of aromatic nitrogens is 3. The van der Waals surface area contributed by atoms with Crippen molar-refractivity contribution in [2.24, 2.45) is 0 Å². The first-order chi connectivity index (χ1) is 17.6. The Balaban J connectivity index is 1.23. The number of amides is 1. The van der Waals surface area contributed by atoms with E-state index in [-0.39, 0.29) is 12.7 Å². The van der Waals surface area contributed by atoms with Crippen LogP contribution in [-0.4, -0.2) is 34.6 Å². The van der Waals surface area contributed by atoms with Crippen LogP contribution in [0.15, 0.2) is 71.9 Å². The summed E-state index contributed by atoms with van der Waals surface area (Å²) in [7, 11) is 1.65. The summed E-state index contributed by atoms with van der Waals surface area (Å²) in [4.78, 5) is 12.8. The van der Waals surface area contributed by atoms with Gasteiger partial charge in [0, 0.05) is 30.0 Å². The third-order valence-corrected chi connectivity index (χ3v) is 6.85. The Hall–Kier alpha value is -3.98. The molecule has 1 aliphatic rings. The van der Waals surface area contributed by atoms with Crippen LogP contribution >= 0.6 is 11.8 Å². The molecule has 4 aromatic rings. The van der Waals surface area contributed by atoms with Crippen molar-refractivity contribution in [2.75, 3.05) is 13.9 Å². The molecule has 0 fully saturated rings. The molecule has 0 atom stereocenters. The molecule has 1 amide bonds. The summed E-state index contributed by atoms with van der Waals surface area (Å²) in [6.07, 6.45) is 0. The lowest BCUT2D eigenvalue weighted by Gasteiger charge is -2.09. The Bertz CT molecular complexity index is 1390. The van der Waals surface area contributed by atoms with Gasteiger partial charge in [-0.3, -0.25) is 4.79 Å². The van der Waals surface area contributed by atoms with Crippen molar-refractivity contribution in [1.82, 2.24) is 20.1 Å². The van der Waals surface area contributed by atoms with Gasteiger partial charge in [0.05, 0.1) is 7.11 Å². The number of carbonyl (C=O) groups is 1. The number of ether oxygens (including phenoxy) is 3. The summed E-state index contributed by atoms with van der Waals surface area (Å²) in [6, 6.07) is 21.1. The van der Waals surface area contributed by atoms with Crippen LogP contribution in [0.5, 0.6) is 17.2 Å². The molecule has 0 saturated carbocycles. The molecular formula is C27H26N4O4S. The Labute approximate surface area is 213 Å². The van der Waals surface area contributed by atoms with Crippen LogP contribution in [0.25, 0.3) is 11.4 Å². The highest BCUT2D eigenvalue weighted by atomic mass is 32.2. The molecule has 1 aliphatic heterocycles. The number of carbonyl (C=O) groups excluding carboxylic acids is 1. The smallest absolute Gasteiger partial charge is 0.251 e.